The quantitative estimate of drug-likeness (QED) is 0.829. The summed E-state index contributed by atoms with van der Waals surface area (Å²) in [6, 6.07) is 6.53. The molecule has 1 aliphatic rings. The minimum atomic E-state index is 0.133. The SMILES string of the molecule is CCCCNC(=O)C1CCc2[nH]c3ccc(C)cc3c2C1. The first kappa shape index (κ1) is 14.2. The van der Waals surface area contributed by atoms with E-state index in [0.717, 1.165) is 38.6 Å². The molecule has 1 heterocycles. The highest BCUT2D eigenvalue weighted by atomic mass is 16.1. The number of rotatable bonds is 4. The van der Waals surface area contributed by atoms with Crippen molar-refractivity contribution in [3.63, 3.8) is 0 Å². The zero-order chi connectivity index (χ0) is 14.8. The van der Waals surface area contributed by atoms with E-state index in [0.29, 0.717) is 0 Å². The van der Waals surface area contributed by atoms with E-state index in [2.05, 4.69) is 42.3 Å². The minimum Gasteiger partial charge on any atom is -0.358 e. The standard InChI is InChI=1S/C18H24N2O/c1-3-4-9-19-18(21)13-6-8-17-15(11-13)14-10-12(2)5-7-16(14)20-17/h5,7,10,13,20H,3-4,6,8-9,11H2,1-2H3,(H,19,21). The lowest BCUT2D eigenvalue weighted by Gasteiger charge is -2.21. The van der Waals surface area contributed by atoms with E-state index < -0.39 is 0 Å². The lowest BCUT2D eigenvalue weighted by atomic mass is 9.85. The fraction of sp³-hybridized carbons (Fsp3) is 0.500. The van der Waals surface area contributed by atoms with Crippen LogP contribution in [0.4, 0.5) is 0 Å². The van der Waals surface area contributed by atoms with Gasteiger partial charge in [-0.1, -0.05) is 25.0 Å². The molecular weight excluding hydrogens is 260 g/mol. The van der Waals surface area contributed by atoms with Gasteiger partial charge < -0.3 is 10.3 Å². The van der Waals surface area contributed by atoms with Gasteiger partial charge in [-0.05, 0) is 50.3 Å². The molecule has 112 valence electrons. The fourth-order valence-corrected chi connectivity index (χ4v) is 3.29. The van der Waals surface area contributed by atoms with Crippen molar-refractivity contribution in [2.24, 2.45) is 5.92 Å². The summed E-state index contributed by atoms with van der Waals surface area (Å²) in [4.78, 5) is 15.8. The second kappa shape index (κ2) is 5.92. The summed E-state index contributed by atoms with van der Waals surface area (Å²) in [7, 11) is 0. The first-order chi connectivity index (χ1) is 10.2. The zero-order valence-corrected chi connectivity index (χ0v) is 13.0. The smallest absolute Gasteiger partial charge is 0.223 e. The van der Waals surface area contributed by atoms with E-state index in [1.807, 2.05) is 0 Å². The van der Waals surface area contributed by atoms with Crippen molar-refractivity contribution in [1.82, 2.24) is 10.3 Å². The molecule has 0 bridgehead atoms. The van der Waals surface area contributed by atoms with Crippen LogP contribution in [0.2, 0.25) is 0 Å². The molecule has 0 aliphatic heterocycles. The van der Waals surface area contributed by atoms with Gasteiger partial charge in [-0.2, -0.15) is 0 Å². The number of carbonyl (C=O) groups excluding carboxylic acids is 1. The Morgan fingerprint density at radius 1 is 1.43 bits per heavy atom. The first-order valence-corrected chi connectivity index (χ1v) is 8.07. The normalized spacial score (nSPS) is 17.7. The molecule has 0 saturated carbocycles. The monoisotopic (exact) mass is 284 g/mol. The summed E-state index contributed by atoms with van der Waals surface area (Å²) in [6.45, 7) is 5.08. The third-order valence-electron chi connectivity index (χ3n) is 4.54. The van der Waals surface area contributed by atoms with Crippen LogP contribution >= 0.6 is 0 Å². The van der Waals surface area contributed by atoms with Gasteiger partial charge in [-0.25, -0.2) is 0 Å². The van der Waals surface area contributed by atoms with Crippen LogP contribution in [0.3, 0.4) is 0 Å². The zero-order valence-electron chi connectivity index (χ0n) is 13.0. The molecule has 3 nitrogen and oxygen atoms in total. The summed E-state index contributed by atoms with van der Waals surface area (Å²) in [6.07, 6.45) is 5.00. The van der Waals surface area contributed by atoms with Gasteiger partial charge >= 0.3 is 0 Å². The van der Waals surface area contributed by atoms with Crippen LogP contribution in [0.1, 0.15) is 43.0 Å². The van der Waals surface area contributed by atoms with Gasteiger partial charge in [0.1, 0.15) is 0 Å². The maximum absolute atomic E-state index is 12.3. The highest BCUT2D eigenvalue weighted by Gasteiger charge is 2.27. The Labute approximate surface area is 126 Å². The Kier molecular flexibility index (Phi) is 4.00. The van der Waals surface area contributed by atoms with Crippen molar-refractivity contribution < 1.29 is 4.79 Å². The summed E-state index contributed by atoms with van der Waals surface area (Å²) < 4.78 is 0. The second-order valence-electron chi connectivity index (χ2n) is 6.22. The molecule has 1 amide bonds. The van der Waals surface area contributed by atoms with E-state index in [9.17, 15) is 4.79 Å². The van der Waals surface area contributed by atoms with Crippen LogP contribution in [0.25, 0.3) is 10.9 Å². The fourth-order valence-electron chi connectivity index (χ4n) is 3.29. The first-order valence-electron chi connectivity index (χ1n) is 8.07. The molecule has 3 heteroatoms. The van der Waals surface area contributed by atoms with Crippen molar-refractivity contribution in [2.75, 3.05) is 6.54 Å². The Morgan fingerprint density at radius 3 is 3.10 bits per heavy atom. The van der Waals surface area contributed by atoms with Crippen molar-refractivity contribution in [2.45, 2.75) is 46.0 Å². The van der Waals surface area contributed by atoms with Gasteiger partial charge in [0.15, 0.2) is 0 Å². The number of fused-ring (bicyclic) bond motifs is 3. The topological polar surface area (TPSA) is 44.9 Å². The van der Waals surface area contributed by atoms with E-state index in [4.69, 9.17) is 0 Å². The number of aromatic amines is 1. The molecular formula is C18H24N2O. The van der Waals surface area contributed by atoms with E-state index in [1.54, 1.807) is 0 Å². The highest BCUT2D eigenvalue weighted by Crippen LogP contribution is 2.32. The Morgan fingerprint density at radius 2 is 2.29 bits per heavy atom. The molecule has 21 heavy (non-hydrogen) atoms. The summed E-state index contributed by atoms with van der Waals surface area (Å²) in [5, 5.41) is 4.39. The van der Waals surface area contributed by atoms with Crippen LogP contribution in [0.5, 0.6) is 0 Å². The number of amides is 1. The molecule has 3 rings (SSSR count). The summed E-state index contributed by atoms with van der Waals surface area (Å²) in [5.41, 5.74) is 5.17. The second-order valence-corrected chi connectivity index (χ2v) is 6.22. The number of aryl methyl sites for hydroxylation is 2. The maximum atomic E-state index is 12.3. The number of hydrogen-bond donors (Lipinski definition) is 2. The molecule has 1 atom stereocenters. The van der Waals surface area contributed by atoms with Crippen molar-refractivity contribution in [1.29, 1.82) is 0 Å². The van der Waals surface area contributed by atoms with E-state index in [1.165, 1.54) is 27.7 Å². The summed E-state index contributed by atoms with van der Waals surface area (Å²) >= 11 is 0. The largest absolute Gasteiger partial charge is 0.358 e. The van der Waals surface area contributed by atoms with E-state index >= 15 is 0 Å². The predicted octanol–water partition coefficient (Wildman–Crippen LogP) is 3.50. The van der Waals surface area contributed by atoms with E-state index in [-0.39, 0.29) is 11.8 Å². The van der Waals surface area contributed by atoms with Gasteiger partial charge in [0.25, 0.3) is 0 Å². The van der Waals surface area contributed by atoms with Gasteiger partial charge in [0, 0.05) is 29.1 Å². The van der Waals surface area contributed by atoms with Crippen molar-refractivity contribution >= 4 is 16.8 Å². The molecule has 1 aliphatic carbocycles. The van der Waals surface area contributed by atoms with Gasteiger partial charge in [0.05, 0.1) is 0 Å². The number of carbonyl (C=O) groups is 1. The van der Waals surface area contributed by atoms with Gasteiger partial charge in [-0.3, -0.25) is 4.79 Å². The number of nitrogens with one attached hydrogen (secondary N) is 2. The summed E-state index contributed by atoms with van der Waals surface area (Å²) in [5.74, 6) is 0.366. The Hall–Kier alpha value is -1.77. The van der Waals surface area contributed by atoms with Crippen LogP contribution < -0.4 is 5.32 Å². The molecule has 0 spiro atoms. The van der Waals surface area contributed by atoms with Gasteiger partial charge in [-0.15, -0.1) is 0 Å². The Balaban J connectivity index is 1.79. The molecule has 1 aromatic carbocycles. The number of benzene rings is 1. The molecule has 2 N–H and O–H groups in total. The van der Waals surface area contributed by atoms with Crippen LogP contribution in [-0.2, 0) is 17.6 Å². The lowest BCUT2D eigenvalue weighted by Crippen LogP contribution is -2.34. The number of unbranched alkanes of at least 4 members (excludes halogenated alkanes) is 1. The number of H-pyrrole nitrogens is 1. The predicted molar refractivity (Wildman–Crippen MR) is 86.5 cm³/mol. The molecule has 0 radical (unpaired) electrons. The molecule has 0 fully saturated rings. The Bertz CT molecular complexity index is 657. The minimum absolute atomic E-state index is 0.133. The lowest BCUT2D eigenvalue weighted by molar-refractivity contribution is -0.125. The molecule has 1 aromatic heterocycles. The number of aromatic nitrogens is 1. The third-order valence-corrected chi connectivity index (χ3v) is 4.54. The average Bonchev–Trinajstić information content (AvgIpc) is 2.84. The van der Waals surface area contributed by atoms with Crippen molar-refractivity contribution in [3.8, 4) is 0 Å². The van der Waals surface area contributed by atoms with Crippen LogP contribution in [-0.4, -0.2) is 17.4 Å². The average molecular weight is 284 g/mol. The van der Waals surface area contributed by atoms with Gasteiger partial charge in [0.2, 0.25) is 5.91 Å². The maximum Gasteiger partial charge on any atom is 0.223 e. The van der Waals surface area contributed by atoms with Crippen LogP contribution in [0.15, 0.2) is 18.2 Å². The highest BCUT2D eigenvalue weighted by molar-refractivity contribution is 5.87. The molecule has 2 aromatic rings. The number of hydrogen-bond acceptors (Lipinski definition) is 1. The third kappa shape index (κ3) is 2.82. The molecule has 1 unspecified atom stereocenters. The van der Waals surface area contributed by atoms with Crippen molar-refractivity contribution in [3.05, 3.63) is 35.0 Å². The molecule has 0 saturated heterocycles. The van der Waals surface area contributed by atoms with Crippen LogP contribution in [0, 0.1) is 12.8 Å².